The van der Waals surface area contributed by atoms with Crippen molar-refractivity contribution in [3.63, 3.8) is 0 Å². The van der Waals surface area contributed by atoms with Gasteiger partial charge in [0.1, 0.15) is 10.3 Å². The van der Waals surface area contributed by atoms with Gasteiger partial charge in [0, 0.05) is 14.5 Å². The lowest BCUT2D eigenvalue weighted by atomic mass is 10.1. The lowest BCUT2D eigenvalue weighted by Crippen LogP contribution is -1.95. The van der Waals surface area contributed by atoms with Crippen LogP contribution in [0, 0.1) is 0 Å². The first-order chi connectivity index (χ1) is 10.5. The van der Waals surface area contributed by atoms with Crippen LogP contribution < -0.4 is 0 Å². The van der Waals surface area contributed by atoms with Gasteiger partial charge in [0.15, 0.2) is 5.82 Å². The highest BCUT2D eigenvalue weighted by Gasteiger charge is 2.15. The van der Waals surface area contributed by atoms with Gasteiger partial charge in [-0.05, 0) is 23.8 Å². The van der Waals surface area contributed by atoms with E-state index >= 15 is 0 Å². The molecule has 0 bridgehead atoms. The fourth-order valence-electron chi connectivity index (χ4n) is 2.06. The highest BCUT2D eigenvalue weighted by Crippen LogP contribution is 2.35. The summed E-state index contributed by atoms with van der Waals surface area (Å²) in [5.41, 5.74) is 2.35. The second-order valence-electron chi connectivity index (χ2n) is 4.53. The quantitative estimate of drug-likeness (QED) is 0.402. The molecule has 0 N–H and O–H groups in total. The van der Waals surface area contributed by atoms with Gasteiger partial charge in [-0.2, -0.15) is 0 Å². The first-order valence-electron chi connectivity index (χ1n) is 6.29. The molecular formula is C16H8Br2Cl2N2. The average Bonchev–Trinajstić information content (AvgIpc) is 2.46. The van der Waals surface area contributed by atoms with E-state index in [1.54, 1.807) is 0 Å². The van der Waals surface area contributed by atoms with E-state index in [9.17, 15) is 0 Å². The summed E-state index contributed by atoms with van der Waals surface area (Å²) in [6.07, 6.45) is 0. The number of nitrogens with zero attached hydrogens (tertiary/aromatic N) is 2. The zero-order valence-electron chi connectivity index (χ0n) is 11.0. The van der Waals surface area contributed by atoms with Crippen LogP contribution in [-0.2, 0) is 0 Å². The van der Waals surface area contributed by atoms with Crippen LogP contribution in [0.3, 0.4) is 0 Å². The van der Waals surface area contributed by atoms with Crippen LogP contribution >= 0.6 is 55.1 Å². The van der Waals surface area contributed by atoms with Crippen molar-refractivity contribution in [2.45, 2.75) is 0 Å². The van der Waals surface area contributed by atoms with Crippen LogP contribution in [0.25, 0.3) is 22.5 Å². The number of benzene rings is 2. The van der Waals surface area contributed by atoms with Gasteiger partial charge >= 0.3 is 0 Å². The van der Waals surface area contributed by atoms with E-state index in [1.165, 1.54) is 0 Å². The Morgan fingerprint density at radius 3 is 1.82 bits per heavy atom. The van der Waals surface area contributed by atoms with Gasteiger partial charge in [-0.25, -0.2) is 9.97 Å². The Balaban J connectivity index is 2.14. The summed E-state index contributed by atoms with van der Waals surface area (Å²) < 4.78 is 1.83. The summed E-state index contributed by atoms with van der Waals surface area (Å²) >= 11 is 19.6. The normalized spacial score (nSPS) is 10.7. The number of aromatic nitrogens is 2. The molecule has 1 heterocycles. The molecule has 0 atom stereocenters. The molecule has 0 saturated carbocycles. The van der Waals surface area contributed by atoms with Crippen molar-refractivity contribution in [1.82, 2.24) is 9.97 Å². The Bertz CT molecular complexity index is 796. The Morgan fingerprint density at radius 1 is 0.727 bits per heavy atom. The second kappa shape index (κ2) is 6.67. The van der Waals surface area contributed by atoms with Gasteiger partial charge in [-0.15, -0.1) is 0 Å². The van der Waals surface area contributed by atoms with Gasteiger partial charge in [-0.3, -0.25) is 0 Å². The molecule has 6 heteroatoms. The molecule has 3 rings (SSSR count). The van der Waals surface area contributed by atoms with Crippen molar-refractivity contribution in [3.8, 4) is 22.5 Å². The van der Waals surface area contributed by atoms with Crippen molar-refractivity contribution in [2.24, 2.45) is 0 Å². The first kappa shape index (κ1) is 15.9. The largest absolute Gasteiger partial charge is 0.216 e. The third-order valence-corrected chi connectivity index (χ3v) is 4.47. The topological polar surface area (TPSA) is 25.8 Å². The summed E-state index contributed by atoms with van der Waals surface area (Å²) in [6.45, 7) is 0. The van der Waals surface area contributed by atoms with Crippen molar-refractivity contribution in [2.75, 3.05) is 0 Å². The third-order valence-electron chi connectivity index (χ3n) is 3.00. The molecule has 22 heavy (non-hydrogen) atoms. The van der Waals surface area contributed by atoms with Crippen LogP contribution in [0.4, 0.5) is 0 Å². The summed E-state index contributed by atoms with van der Waals surface area (Å²) in [6, 6.07) is 15.4. The van der Waals surface area contributed by atoms with E-state index in [2.05, 4.69) is 41.8 Å². The van der Waals surface area contributed by atoms with E-state index in [1.807, 2.05) is 48.5 Å². The molecule has 3 aromatic rings. The minimum absolute atomic E-state index is 0.331. The number of hydrogen-bond acceptors (Lipinski definition) is 2. The zero-order chi connectivity index (χ0) is 15.7. The minimum Gasteiger partial charge on any atom is -0.216 e. The Morgan fingerprint density at radius 2 is 1.27 bits per heavy atom. The maximum atomic E-state index is 6.34. The summed E-state index contributed by atoms with van der Waals surface area (Å²) in [5.74, 6) is 0.483. The van der Waals surface area contributed by atoms with E-state index in [0.29, 0.717) is 21.7 Å². The molecule has 0 aliphatic carbocycles. The molecule has 2 aromatic carbocycles. The van der Waals surface area contributed by atoms with Crippen LogP contribution in [-0.4, -0.2) is 9.97 Å². The van der Waals surface area contributed by atoms with Gasteiger partial charge in [0.2, 0.25) is 0 Å². The van der Waals surface area contributed by atoms with Gasteiger partial charge in [0.25, 0.3) is 0 Å². The molecule has 0 fully saturated rings. The van der Waals surface area contributed by atoms with Crippen LogP contribution in [0.1, 0.15) is 0 Å². The third kappa shape index (κ3) is 3.35. The standard InChI is InChI=1S/C16H8Br2Cl2N2/c17-11-6-10(7-12(18)8-11)16-21-14(19)13(15(20)22-16)9-4-2-1-3-5-9/h1-8H. The minimum atomic E-state index is 0.331. The zero-order valence-corrected chi connectivity index (χ0v) is 15.7. The molecule has 0 spiro atoms. The highest BCUT2D eigenvalue weighted by molar-refractivity contribution is 9.11. The molecule has 0 aliphatic rings. The number of hydrogen-bond donors (Lipinski definition) is 0. The fourth-order valence-corrected chi connectivity index (χ4v) is 3.96. The summed E-state index contributed by atoms with van der Waals surface area (Å²) in [7, 11) is 0. The Kier molecular flexibility index (Phi) is 4.83. The summed E-state index contributed by atoms with van der Waals surface area (Å²) in [5, 5.41) is 0.662. The Labute approximate surface area is 154 Å². The highest BCUT2D eigenvalue weighted by atomic mass is 79.9. The molecule has 1 aromatic heterocycles. The van der Waals surface area contributed by atoms with Crippen molar-refractivity contribution < 1.29 is 0 Å². The van der Waals surface area contributed by atoms with Crippen molar-refractivity contribution >= 4 is 55.1 Å². The molecule has 0 radical (unpaired) electrons. The van der Waals surface area contributed by atoms with Crippen molar-refractivity contribution in [3.05, 3.63) is 67.8 Å². The summed E-state index contributed by atoms with van der Waals surface area (Å²) in [4.78, 5) is 8.78. The van der Waals surface area contributed by atoms with E-state index < -0.39 is 0 Å². The lowest BCUT2D eigenvalue weighted by molar-refractivity contribution is 1.18. The second-order valence-corrected chi connectivity index (χ2v) is 7.08. The van der Waals surface area contributed by atoms with Crippen LogP contribution in [0.5, 0.6) is 0 Å². The lowest BCUT2D eigenvalue weighted by Gasteiger charge is -2.09. The molecule has 0 saturated heterocycles. The smallest absolute Gasteiger partial charge is 0.162 e. The van der Waals surface area contributed by atoms with Crippen molar-refractivity contribution in [1.29, 1.82) is 0 Å². The molecular weight excluding hydrogens is 451 g/mol. The molecule has 0 amide bonds. The number of rotatable bonds is 2. The molecule has 2 nitrogen and oxygen atoms in total. The Hall–Kier alpha value is -0.940. The molecule has 0 unspecified atom stereocenters. The maximum Gasteiger partial charge on any atom is 0.162 e. The maximum absolute atomic E-state index is 6.34. The molecule has 110 valence electrons. The average molecular weight is 459 g/mol. The first-order valence-corrected chi connectivity index (χ1v) is 8.64. The van der Waals surface area contributed by atoms with Gasteiger partial charge in [0.05, 0.1) is 5.56 Å². The number of halogens is 4. The van der Waals surface area contributed by atoms with E-state index in [0.717, 1.165) is 20.1 Å². The predicted molar refractivity (Wildman–Crippen MR) is 98.3 cm³/mol. The fraction of sp³-hybridized carbons (Fsp3) is 0. The van der Waals surface area contributed by atoms with E-state index in [-0.39, 0.29) is 0 Å². The monoisotopic (exact) mass is 456 g/mol. The van der Waals surface area contributed by atoms with Crippen LogP contribution in [0.15, 0.2) is 57.5 Å². The van der Waals surface area contributed by atoms with Gasteiger partial charge < -0.3 is 0 Å². The molecule has 0 aliphatic heterocycles. The predicted octanol–water partition coefficient (Wildman–Crippen LogP) is 6.64. The SMILES string of the molecule is Clc1nc(-c2cc(Br)cc(Br)c2)nc(Cl)c1-c1ccccc1. The van der Waals surface area contributed by atoms with E-state index in [4.69, 9.17) is 23.2 Å². The van der Waals surface area contributed by atoms with Gasteiger partial charge in [-0.1, -0.05) is 85.4 Å². The van der Waals surface area contributed by atoms with Crippen LogP contribution in [0.2, 0.25) is 10.3 Å².